The number of nitrogens with zero attached hydrogens (tertiary/aromatic N) is 11. The van der Waals surface area contributed by atoms with Crippen molar-refractivity contribution in [3.8, 4) is 72.8 Å². The summed E-state index contributed by atoms with van der Waals surface area (Å²) in [5.41, 5.74) is 10.4. The average molecular weight is 2060 g/mol. The Hall–Kier alpha value is -15.5. The van der Waals surface area contributed by atoms with E-state index in [1.165, 1.54) is 121 Å². The number of non-ortho nitro benzene ring substituents is 1. The zero-order chi connectivity index (χ0) is 105. The Morgan fingerprint density at radius 2 is 0.678 bits per heavy atom. The third-order valence-corrected chi connectivity index (χ3v) is 27.6. The molecule has 10 aromatic carbocycles. The van der Waals surface area contributed by atoms with Crippen molar-refractivity contribution in [2.24, 2.45) is 0 Å². The van der Waals surface area contributed by atoms with E-state index in [9.17, 15) is 86.5 Å². The summed E-state index contributed by atoms with van der Waals surface area (Å²) < 4.78 is 177. The molecule has 6 amide bonds. The molecule has 146 heavy (non-hydrogen) atoms. The molecular weight excluding hydrogens is 1960 g/mol. The second kappa shape index (κ2) is 47.4. The van der Waals surface area contributed by atoms with Gasteiger partial charge in [-0.15, -0.1) is 0 Å². The minimum Gasteiger partial charge on any atom is -0.444 e. The highest BCUT2D eigenvalue weighted by Gasteiger charge is 2.39. The highest BCUT2D eigenvalue weighted by Crippen LogP contribution is 2.40. The molecule has 0 radical (unpaired) electrons. The summed E-state index contributed by atoms with van der Waals surface area (Å²) in [4.78, 5) is 99.5. The van der Waals surface area contributed by atoms with E-state index in [1.54, 1.807) is 133 Å². The van der Waals surface area contributed by atoms with Gasteiger partial charge in [0.25, 0.3) is 5.69 Å². The normalized spacial score (nSPS) is 18.1. The first kappa shape index (κ1) is 106. The Kier molecular flexibility index (Phi) is 34.5. The summed E-state index contributed by atoms with van der Waals surface area (Å²) in [7, 11) is -6.07. The maximum absolute atomic E-state index is 14.9. The zero-order valence-corrected chi connectivity index (χ0v) is 82.6. The number of pyridine rings is 2. The Bertz CT molecular complexity index is 6990. The molecule has 6 atom stereocenters. The molecule has 29 nitrogen and oxygen atoms in total. The van der Waals surface area contributed by atoms with E-state index < -0.39 is 102 Å². The number of nitro benzene ring substituents is 1. The van der Waals surface area contributed by atoms with Gasteiger partial charge in [-0.1, -0.05) is 114 Å². The molecule has 760 valence electrons. The van der Waals surface area contributed by atoms with Crippen molar-refractivity contribution in [3.05, 3.63) is 310 Å². The third kappa shape index (κ3) is 26.4. The van der Waals surface area contributed by atoms with Crippen molar-refractivity contribution in [3.63, 3.8) is 0 Å². The van der Waals surface area contributed by atoms with Gasteiger partial charge >= 0.3 is 36.6 Å². The molecule has 0 saturated carbocycles. The number of hydrogen-bond donors (Lipinski definition) is 0. The van der Waals surface area contributed by atoms with Crippen molar-refractivity contribution in [1.82, 2.24) is 9.97 Å². The van der Waals surface area contributed by atoms with Crippen LogP contribution in [0, 0.1) is 62.3 Å². The number of ether oxygens (including phenoxy) is 6. The van der Waals surface area contributed by atoms with Gasteiger partial charge in [0.2, 0.25) is 5.95 Å². The van der Waals surface area contributed by atoms with Gasteiger partial charge in [0.15, 0.2) is 19.7 Å². The van der Waals surface area contributed by atoms with Gasteiger partial charge in [-0.2, -0.15) is 9.65 Å². The topological polar surface area (TPSA) is 341 Å². The fraction of sp³-hybridized carbons (Fsp3) is 0.280. The monoisotopic (exact) mass is 2060 g/mol. The van der Waals surface area contributed by atoms with Gasteiger partial charge in [0, 0.05) is 94.1 Å². The number of amides is 6. The molecule has 0 spiro atoms. The first-order chi connectivity index (χ1) is 69.9. The van der Waals surface area contributed by atoms with Crippen molar-refractivity contribution < 1.29 is 110 Å². The standard InChI is InChI=1S/C21H23FN2O4S.C19H20FNO4S.C18H15FN2O2.C17H15FN2O4.C16H14ClFN2O2.C16H14F2N2O2/c1-2-18-14-24(21(25)28-18)17-6-7-19(20(22)13-17)15-4-3-5-16(12-15)23-8-10-29(26,27)11-9-23;1-3-16-11-21(19(22)25-16)15-8-9-17(18(20)10-15)14-6-4-13(5-7-14)12-26(2,23)24;1-2-15-11-21(18(22)23-15)14-7-8-16(17(19)9-14)13-5-3-12(10-20)4-6-13;1-2-14-10-19(17(21)24-14)12-6-7-15(16(18)9-12)11-4-3-5-13(8-11)20(22)23;1-2-12-9-20(16(21)22-12)11-4-5-13(14(18)7-11)10-3-6-15(17)19-8-10;1-2-12-9-20(16(21)22-12)11-4-5-13(14(17)7-11)10-3-6-15(18)19-8-10/h3-7,12-13,18H,2,8-11,14H2,1H3;4-10,16H,3,11-12H2,1-2H3;3-9,15H,2,11H2,1H3;3-9,14H,2,10H2,1H3;2*3-8,12H,2,9H2,1H3/t18-;16-;15-;14-;2*12-/m000000/s1. The number of nitro groups is 1. The number of sulfone groups is 2. The number of anilines is 7. The van der Waals surface area contributed by atoms with Crippen LogP contribution in [0.25, 0.3) is 66.8 Å². The minimum absolute atomic E-state index is 0.0512. The van der Waals surface area contributed by atoms with Gasteiger partial charge in [0.05, 0.1) is 107 Å². The Balaban J connectivity index is 0.000000139. The molecule has 2 aromatic heterocycles. The number of benzene rings is 10. The van der Waals surface area contributed by atoms with E-state index in [2.05, 4.69) is 9.97 Å². The Morgan fingerprint density at radius 1 is 0.384 bits per heavy atom. The summed E-state index contributed by atoms with van der Waals surface area (Å²) >= 11 is 5.73. The van der Waals surface area contributed by atoms with Crippen molar-refractivity contribution in [1.29, 1.82) is 5.26 Å². The number of nitriles is 1. The maximum Gasteiger partial charge on any atom is 0.414 e. The van der Waals surface area contributed by atoms with Crippen molar-refractivity contribution in [2.75, 3.05) is 104 Å². The van der Waals surface area contributed by atoms with Crippen LogP contribution in [0.15, 0.2) is 243 Å². The van der Waals surface area contributed by atoms with Crippen molar-refractivity contribution >= 4 is 113 Å². The number of halogens is 8. The highest BCUT2D eigenvalue weighted by molar-refractivity contribution is 7.91. The molecule has 0 unspecified atom stereocenters. The molecule has 0 bridgehead atoms. The lowest BCUT2D eigenvalue weighted by atomic mass is 10.0. The number of aromatic nitrogens is 2. The fourth-order valence-corrected chi connectivity index (χ4v) is 18.7. The van der Waals surface area contributed by atoms with E-state index in [0.29, 0.717) is 190 Å². The van der Waals surface area contributed by atoms with Gasteiger partial charge in [-0.25, -0.2) is 81.9 Å². The predicted molar refractivity (Wildman–Crippen MR) is 540 cm³/mol. The van der Waals surface area contributed by atoms with Gasteiger partial charge in [-0.3, -0.25) is 39.5 Å². The second-order valence-electron chi connectivity index (χ2n) is 34.8. The molecule has 0 N–H and O–H groups in total. The second-order valence-corrected chi connectivity index (χ2v) is 39.7. The number of rotatable bonds is 22. The molecule has 19 rings (SSSR count). The average Bonchev–Trinajstić information content (AvgIpc) is 1.36. The van der Waals surface area contributed by atoms with Gasteiger partial charge < -0.3 is 33.3 Å². The lowest BCUT2D eigenvalue weighted by Crippen LogP contribution is -2.40. The highest BCUT2D eigenvalue weighted by atomic mass is 35.5. The van der Waals surface area contributed by atoms with Crippen LogP contribution < -0.4 is 34.3 Å². The summed E-state index contributed by atoms with van der Waals surface area (Å²) in [5, 5.41) is 20.0. The molecule has 9 heterocycles. The predicted octanol–water partition coefficient (Wildman–Crippen LogP) is 23.5. The first-order valence-corrected chi connectivity index (χ1v) is 51.1. The molecule has 12 aromatic rings. The van der Waals surface area contributed by atoms with E-state index >= 15 is 0 Å². The van der Waals surface area contributed by atoms with Crippen LogP contribution in [0.4, 0.5) is 105 Å². The Morgan fingerprint density at radius 3 is 0.959 bits per heavy atom. The fourth-order valence-electron chi connectivity index (χ4n) is 16.6. The van der Waals surface area contributed by atoms with Crippen molar-refractivity contribution in [2.45, 2.75) is 122 Å². The lowest BCUT2D eigenvalue weighted by Gasteiger charge is -2.29. The molecule has 7 saturated heterocycles. The molecular formula is C107H101ClF7N11O18S2. The quantitative estimate of drug-likeness (QED) is 0.0200. The van der Waals surface area contributed by atoms with E-state index in [-0.39, 0.29) is 65.1 Å². The van der Waals surface area contributed by atoms with Crippen LogP contribution in [0.1, 0.15) is 91.2 Å². The lowest BCUT2D eigenvalue weighted by molar-refractivity contribution is -0.384. The van der Waals surface area contributed by atoms with Gasteiger partial charge in [-0.05, 0) is 224 Å². The maximum atomic E-state index is 14.9. The molecule has 39 heteroatoms. The number of carbonyl (C=O) groups is 6. The Labute approximate surface area is 843 Å². The van der Waals surface area contributed by atoms with Crippen LogP contribution in [0.3, 0.4) is 0 Å². The summed E-state index contributed by atoms with van der Waals surface area (Å²) in [6.07, 6.45) is 4.48. The van der Waals surface area contributed by atoms with Crippen LogP contribution >= 0.6 is 11.6 Å². The zero-order valence-electron chi connectivity index (χ0n) is 80.2. The van der Waals surface area contributed by atoms with Gasteiger partial charge in [0.1, 0.15) is 76.7 Å². The van der Waals surface area contributed by atoms with Crippen LogP contribution in [0.2, 0.25) is 5.15 Å². The number of hydrogen-bond acceptors (Lipinski definition) is 22. The largest absolute Gasteiger partial charge is 0.444 e. The number of carbonyl (C=O) groups excluding carboxylic acids is 6. The van der Waals surface area contributed by atoms with E-state index in [0.717, 1.165) is 18.5 Å². The van der Waals surface area contributed by atoms with E-state index in [1.807, 2.05) is 76.8 Å². The first-order valence-electron chi connectivity index (χ1n) is 46.9. The minimum atomic E-state index is -3.11. The molecule has 7 aliphatic rings. The number of cyclic esters (lactones) is 6. The summed E-state index contributed by atoms with van der Waals surface area (Å²) in [6, 6.07) is 62.1. The third-order valence-electron chi connectivity index (χ3n) is 24.9. The smallest absolute Gasteiger partial charge is 0.414 e. The van der Waals surface area contributed by atoms with Crippen LogP contribution in [-0.2, 0) is 53.8 Å². The molecule has 7 aliphatic heterocycles. The molecule has 7 fully saturated rings. The molecule has 0 aliphatic carbocycles. The van der Waals surface area contributed by atoms with E-state index in [4.69, 9.17) is 45.3 Å². The van der Waals surface area contributed by atoms with Crippen LogP contribution in [-0.4, -0.2) is 175 Å². The summed E-state index contributed by atoms with van der Waals surface area (Å²) in [5.74, 6) is -3.18. The SMILES string of the molecule is CC[C@H]1CN(c2ccc(-c3ccc(C#N)cc3)c(F)c2)C(=O)O1.CC[C@H]1CN(c2ccc(-c3ccc(CS(C)(=O)=O)cc3)c(F)c2)C(=O)O1.CC[C@H]1CN(c2ccc(-c3ccc(Cl)nc3)c(F)c2)C(=O)O1.CC[C@H]1CN(c2ccc(-c3ccc(F)nc3)c(F)c2)C(=O)O1.CC[C@H]1CN(c2ccc(-c3cccc(N4CCS(=O)(=O)CC4)c3)c(F)c2)C(=O)O1.CC[C@H]1CN(c2ccc(-c3cccc([N+](=O)[O-])c3)c(F)c2)C(=O)O1. The van der Waals surface area contributed by atoms with Crippen LogP contribution in [0.5, 0.6) is 0 Å². The summed E-state index contributed by atoms with van der Waals surface area (Å²) in [6.45, 7) is 14.9.